The van der Waals surface area contributed by atoms with Crippen molar-refractivity contribution >= 4 is 23.8 Å². The topological polar surface area (TPSA) is 63.1 Å². The molecule has 28 heavy (non-hydrogen) atoms. The Hall–Kier alpha value is -2.93. The molecular weight excluding hydrogens is 372 g/mol. The van der Waals surface area contributed by atoms with Gasteiger partial charge < -0.3 is 9.64 Å². The summed E-state index contributed by atoms with van der Waals surface area (Å²) in [5, 5.41) is 7.20. The second-order valence-corrected chi connectivity index (χ2v) is 7.02. The van der Waals surface area contributed by atoms with E-state index in [-0.39, 0.29) is 5.91 Å². The molecular formula is C21H22N4O2S. The number of aromatic nitrogens is 3. The maximum atomic E-state index is 12.8. The molecule has 1 aliphatic heterocycles. The minimum absolute atomic E-state index is 0.102. The van der Waals surface area contributed by atoms with Gasteiger partial charge in [0, 0.05) is 30.8 Å². The van der Waals surface area contributed by atoms with Crippen molar-refractivity contribution in [3.8, 4) is 17.1 Å². The quantitative estimate of drug-likeness (QED) is 0.642. The van der Waals surface area contributed by atoms with Gasteiger partial charge in [-0.2, -0.15) is 5.10 Å². The molecule has 0 unspecified atom stereocenters. The Bertz CT molecular complexity index is 1040. The fourth-order valence-corrected chi connectivity index (χ4v) is 3.78. The van der Waals surface area contributed by atoms with Gasteiger partial charge in [0.1, 0.15) is 5.75 Å². The Balaban J connectivity index is 1.49. The van der Waals surface area contributed by atoms with Crippen molar-refractivity contribution in [2.45, 2.75) is 26.3 Å². The van der Waals surface area contributed by atoms with E-state index >= 15 is 0 Å². The van der Waals surface area contributed by atoms with E-state index < -0.39 is 0 Å². The molecule has 6 nitrogen and oxygen atoms in total. The van der Waals surface area contributed by atoms with E-state index in [2.05, 4.69) is 16.3 Å². The highest BCUT2D eigenvalue weighted by atomic mass is 32.1. The van der Waals surface area contributed by atoms with Gasteiger partial charge in [0.15, 0.2) is 10.6 Å². The van der Waals surface area contributed by atoms with E-state index in [1.54, 1.807) is 0 Å². The van der Waals surface area contributed by atoms with Crippen LogP contribution in [0.4, 0.5) is 5.69 Å². The number of nitrogens with zero attached hydrogens (tertiary/aromatic N) is 3. The van der Waals surface area contributed by atoms with Crippen LogP contribution in [-0.2, 0) is 17.8 Å². The third kappa shape index (κ3) is 3.57. The van der Waals surface area contributed by atoms with Gasteiger partial charge in [-0.15, -0.1) is 0 Å². The first-order valence-electron chi connectivity index (χ1n) is 9.44. The van der Waals surface area contributed by atoms with Crippen molar-refractivity contribution in [1.82, 2.24) is 14.8 Å². The number of carbonyl (C=O) groups excluding carboxylic acids is 1. The Morgan fingerprint density at radius 3 is 2.79 bits per heavy atom. The summed E-state index contributed by atoms with van der Waals surface area (Å²) >= 11 is 5.39. The summed E-state index contributed by atoms with van der Waals surface area (Å²) in [4.78, 5) is 14.7. The molecule has 4 rings (SSSR count). The van der Waals surface area contributed by atoms with E-state index in [0.29, 0.717) is 24.3 Å². The third-order valence-electron chi connectivity index (χ3n) is 4.92. The number of nitrogens with one attached hydrogen (secondary N) is 1. The van der Waals surface area contributed by atoms with E-state index in [9.17, 15) is 4.79 Å². The van der Waals surface area contributed by atoms with Gasteiger partial charge in [-0.1, -0.05) is 18.2 Å². The largest absolute Gasteiger partial charge is 0.494 e. The number of hydrogen-bond donors (Lipinski definition) is 1. The third-order valence-corrected chi connectivity index (χ3v) is 5.23. The summed E-state index contributed by atoms with van der Waals surface area (Å²) < 4.78 is 7.88. The van der Waals surface area contributed by atoms with Crippen LogP contribution in [0.3, 0.4) is 0 Å². The number of amides is 1. The monoisotopic (exact) mass is 394 g/mol. The number of H-pyrrole nitrogens is 1. The van der Waals surface area contributed by atoms with Gasteiger partial charge in [-0.05, 0) is 61.5 Å². The lowest BCUT2D eigenvalue weighted by Crippen LogP contribution is -2.29. The predicted molar refractivity (Wildman–Crippen MR) is 111 cm³/mol. The zero-order valence-electron chi connectivity index (χ0n) is 15.7. The number of rotatable bonds is 6. The van der Waals surface area contributed by atoms with E-state index in [4.69, 9.17) is 17.0 Å². The number of aromatic amines is 1. The van der Waals surface area contributed by atoms with Gasteiger partial charge in [0.2, 0.25) is 5.91 Å². The molecule has 0 saturated carbocycles. The average Bonchev–Trinajstić information content (AvgIpc) is 3.31. The molecule has 0 bridgehead atoms. The van der Waals surface area contributed by atoms with Crippen LogP contribution < -0.4 is 9.64 Å². The first kappa shape index (κ1) is 18.4. The summed E-state index contributed by atoms with van der Waals surface area (Å²) in [6, 6.07) is 15.8. The molecule has 0 atom stereocenters. The minimum Gasteiger partial charge on any atom is -0.494 e. The van der Waals surface area contributed by atoms with Crippen LogP contribution in [0.25, 0.3) is 11.4 Å². The average molecular weight is 395 g/mol. The number of ether oxygens (including phenoxy) is 1. The molecule has 0 aliphatic carbocycles. The van der Waals surface area contributed by atoms with Crippen molar-refractivity contribution in [1.29, 1.82) is 0 Å². The molecule has 7 heteroatoms. The highest BCUT2D eigenvalue weighted by Crippen LogP contribution is 2.28. The van der Waals surface area contributed by atoms with Crippen molar-refractivity contribution in [3.05, 3.63) is 58.9 Å². The normalized spacial score (nSPS) is 12.8. The van der Waals surface area contributed by atoms with Crippen molar-refractivity contribution < 1.29 is 9.53 Å². The Labute approximate surface area is 168 Å². The van der Waals surface area contributed by atoms with Crippen molar-refractivity contribution in [2.24, 2.45) is 0 Å². The summed E-state index contributed by atoms with van der Waals surface area (Å²) in [7, 11) is 0. The molecule has 1 amide bonds. The number of anilines is 1. The van der Waals surface area contributed by atoms with Gasteiger partial charge in [-0.25, -0.2) is 0 Å². The number of para-hydroxylation sites is 1. The molecule has 144 valence electrons. The van der Waals surface area contributed by atoms with E-state index in [1.165, 1.54) is 5.56 Å². The van der Waals surface area contributed by atoms with Crippen LogP contribution in [-0.4, -0.2) is 33.8 Å². The standard InChI is InChI=1S/C21H22N4O2S/c1-2-27-17-9-7-16(8-10-17)20-22-23-21(28)25(20)14-12-19(26)24-13-11-15-5-3-4-6-18(15)24/h3-10H,2,11-14H2,1H3,(H,23,28). The molecule has 1 N–H and O–H groups in total. The number of fused-ring (bicyclic) bond motifs is 1. The maximum Gasteiger partial charge on any atom is 0.228 e. The first-order chi connectivity index (χ1) is 13.7. The molecule has 1 aliphatic rings. The van der Waals surface area contributed by atoms with Crippen LogP contribution in [0, 0.1) is 4.77 Å². The van der Waals surface area contributed by atoms with Crippen LogP contribution in [0.2, 0.25) is 0 Å². The fourth-order valence-electron chi connectivity index (χ4n) is 3.55. The predicted octanol–water partition coefficient (Wildman–Crippen LogP) is 3.99. The van der Waals surface area contributed by atoms with Gasteiger partial charge in [0.25, 0.3) is 0 Å². The summed E-state index contributed by atoms with van der Waals surface area (Å²) in [5.41, 5.74) is 3.18. The van der Waals surface area contributed by atoms with Gasteiger partial charge in [-0.3, -0.25) is 14.5 Å². The second-order valence-electron chi connectivity index (χ2n) is 6.64. The smallest absolute Gasteiger partial charge is 0.228 e. The molecule has 0 radical (unpaired) electrons. The number of hydrogen-bond acceptors (Lipinski definition) is 4. The summed E-state index contributed by atoms with van der Waals surface area (Å²) in [6.07, 6.45) is 1.27. The Morgan fingerprint density at radius 2 is 2.00 bits per heavy atom. The Morgan fingerprint density at radius 1 is 1.21 bits per heavy atom. The summed E-state index contributed by atoms with van der Waals surface area (Å²) in [5.74, 6) is 1.64. The molecule has 2 aromatic carbocycles. The Kier molecular flexibility index (Phi) is 5.25. The molecule has 3 aromatic rings. The zero-order chi connectivity index (χ0) is 19.5. The van der Waals surface area contributed by atoms with Crippen LogP contribution >= 0.6 is 12.2 Å². The first-order valence-corrected chi connectivity index (χ1v) is 9.85. The van der Waals surface area contributed by atoms with Gasteiger partial charge >= 0.3 is 0 Å². The highest BCUT2D eigenvalue weighted by Gasteiger charge is 2.24. The van der Waals surface area contributed by atoms with Crippen molar-refractivity contribution in [3.63, 3.8) is 0 Å². The zero-order valence-corrected chi connectivity index (χ0v) is 16.5. The number of benzene rings is 2. The minimum atomic E-state index is 0.102. The molecule has 2 heterocycles. The van der Waals surface area contributed by atoms with E-state index in [0.717, 1.165) is 35.8 Å². The van der Waals surface area contributed by atoms with E-state index in [1.807, 2.05) is 58.9 Å². The molecule has 0 spiro atoms. The second kappa shape index (κ2) is 7.98. The molecule has 0 saturated heterocycles. The lowest BCUT2D eigenvalue weighted by Gasteiger charge is -2.17. The van der Waals surface area contributed by atoms with Crippen LogP contribution in [0.1, 0.15) is 18.9 Å². The lowest BCUT2D eigenvalue weighted by molar-refractivity contribution is -0.118. The molecule has 0 fully saturated rings. The number of carbonyl (C=O) groups is 1. The van der Waals surface area contributed by atoms with Crippen LogP contribution in [0.15, 0.2) is 48.5 Å². The lowest BCUT2D eigenvalue weighted by atomic mass is 10.2. The maximum absolute atomic E-state index is 12.8. The SMILES string of the molecule is CCOc1ccc(-c2n[nH]c(=S)n2CCC(=O)N2CCc3ccccc32)cc1. The fraction of sp³-hybridized carbons (Fsp3) is 0.286. The molecule has 1 aromatic heterocycles. The summed E-state index contributed by atoms with van der Waals surface area (Å²) in [6.45, 7) is 3.80. The van der Waals surface area contributed by atoms with Gasteiger partial charge in [0.05, 0.1) is 6.61 Å². The van der Waals surface area contributed by atoms with Crippen LogP contribution in [0.5, 0.6) is 5.75 Å². The van der Waals surface area contributed by atoms with Crippen molar-refractivity contribution in [2.75, 3.05) is 18.1 Å². The highest BCUT2D eigenvalue weighted by molar-refractivity contribution is 7.71.